The van der Waals surface area contributed by atoms with Crippen molar-refractivity contribution in [2.75, 3.05) is 19.6 Å². The number of ether oxygens (including phenoxy) is 1. The zero-order valence-corrected chi connectivity index (χ0v) is 8.44. The van der Waals surface area contributed by atoms with Crippen molar-refractivity contribution in [3.05, 3.63) is 0 Å². The van der Waals surface area contributed by atoms with Crippen LogP contribution in [0.5, 0.6) is 0 Å². The Hall–Kier alpha value is -0.120. The van der Waals surface area contributed by atoms with Gasteiger partial charge in [0, 0.05) is 13.1 Å². The third-order valence-electron chi connectivity index (χ3n) is 3.11. The smallest absolute Gasteiger partial charge is 0.132 e. The number of rotatable bonds is 1. The molecule has 0 aromatic heterocycles. The van der Waals surface area contributed by atoms with Gasteiger partial charge in [-0.15, -0.1) is 0 Å². The van der Waals surface area contributed by atoms with Crippen LogP contribution in [0.1, 0.15) is 32.6 Å². The monoisotopic (exact) mass is 184 g/mol. The summed E-state index contributed by atoms with van der Waals surface area (Å²) in [6.45, 7) is 5.44. The molecular formula is C10H20N2O. The van der Waals surface area contributed by atoms with Crippen molar-refractivity contribution < 1.29 is 4.74 Å². The van der Waals surface area contributed by atoms with Crippen LogP contribution in [0, 0.1) is 0 Å². The minimum Gasteiger partial charge on any atom is -0.356 e. The topological polar surface area (TPSA) is 33.3 Å². The molecule has 2 saturated heterocycles. The van der Waals surface area contributed by atoms with Gasteiger partial charge in [-0.3, -0.25) is 5.32 Å². The van der Waals surface area contributed by atoms with Crippen LogP contribution in [0.3, 0.4) is 0 Å². The maximum atomic E-state index is 6.09. The van der Waals surface area contributed by atoms with Gasteiger partial charge in [-0.05, 0) is 32.2 Å². The molecule has 0 bridgehead atoms. The first-order chi connectivity index (χ1) is 6.35. The fourth-order valence-corrected chi connectivity index (χ4v) is 2.30. The molecule has 0 aromatic carbocycles. The zero-order chi connectivity index (χ0) is 9.15. The summed E-state index contributed by atoms with van der Waals surface area (Å²) in [5.41, 5.74) is -0.0306. The van der Waals surface area contributed by atoms with E-state index in [0.29, 0.717) is 6.10 Å². The van der Waals surface area contributed by atoms with Crippen LogP contribution in [0.15, 0.2) is 0 Å². The van der Waals surface area contributed by atoms with Crippen LogP contribution >= 0.6 is 0 Å². The first-order valence-corrected chi connectivity index (χ1v) is 5.48. The summed E-state index contributed by atoms with van der Waals surface area (Å²) in [6, 6.07) is 0. The second-order valence-corrected chi connectivity index (χ2v) is 4.14. The Morgan fingerprint density at radius 3 is 3.08 bits per heavy atom. The summed E-state index contributed by atoms with van der Waals surface area (Å²) >= 11 is 0. The Kier molecular flexibility index (Phi) is 2.86. The van der Waals surface area contributed by atoms with Gasteiger partial charge < -0.3 is 10.1 Å². The van der Waals surface area contributed by atoms with Crippen LogP contribution in [0.25, 0.3) is 0 Å². The minimum atomic E-state index is -0.0306. The molecule has 0 saturated carbocycles. The molecule has 2 rings (SSSR count). The van der Waals surface area contributed by atoms with Crippen molar-refractivity contribution in [2.24, 2.45) is 0 Å². The molecular weight excluding hydrogens is 164 g/mol. The minimum absolute atomic E-state index is 0.0306. The van der Waals surface area contributed by atoms with Crippen LogP contribution < -0.4 is 10.6 Å². The summed E-state index contributed by atoms with van der Waals surface area (Å²) in [7, 11) is 0. The Bertz CT molecular complexity index is 161. The number of hydrogen-bond acceptors (Lipinski definition) is 3. The van der Waals surface area contributed by atoms with E-state index < -0.39 is 0 Å². The van der Waals surface area contributed by atoms with Gasteiger partial charge in [0.1, 0.15) is 5.72 Å². The molecule has 0 radical (unpaired) electrons. The van der Waals surface area contributed by atoms with Crippen molar-refractivity contribution >= 4 is 0 Å². The first kappa shape index (κ1) is 9.44. The molecule has 2 aliphatic rings. The Balaban J connectivity index is 1.95. The highest BCUT2D eigenvalue weighted by Crippen LogP contribution is 2.25. The van der Waals surface area contributed by atoms with E-state index in [9.17, 15) is 0 Å². The van der Waals surface area contributed by atoms with Crippen LogP contribution in [-0.4, -0.2) is 31.5 Å². The molecule has 2 atom stereocenters. The van der Waals surface area contributed by atoms with Crippen molar-refractivity contribution in [1.82, 2.24) is 10.6 Å². The summed E-state index contributed by atoms with van der Waals surface area (Å²) in [5.74, 6) is 0. The van der Waals surface area contributed by atoms with Gasteiger partial charge >= 0.3 is 0 Å². The Morgan fingerprint density at radius 2 is 2.38 bits per heavy atom. The van der Waals surface area contributed by atoms with E-state index >= 15 is 0 Å². The highest BCUT2D eigenvalue weighted by atomic mass is 16.5. The van der Waals surface area contributed by atoms with Crippen LogP contribution in [0.2, 0.25) is 0 Å². The predicted octanol–water partition coefficient (Wildman–Crippen LogP) is 0.855. The standard InChI is InChI=1S/C10H20N2O/c1-2-9-4-7-12-10(13-9)5-3-6-11-8-10/h9,11-12H,2-8H2,1H3. The lowest BCUT2D eigenvalue weighted by Gasteiger charge is -2.44. The largest absolute Gasteiger partial charge is 0.356 e. The Labute approximate surface area is 80.2 Å². The van der Waals surface area contributed by atoms with Crippen molar-refractivity contribution in [2.45, 2.75) is 44.4 Å². The van der Waals surface area contributed by atoms with Gasteiger partial charge in [-0.1, -0.05) is 6.92 Å². The molecule has 1 spiro atoms. The molecule has 76 valence electrons. The highest BCUT2D eigenvalue weighted by Gasteiger charge is 2.37. The van der Waals surface area contributed by atoms with E-state index in [1.54, 1.807) is 0 Å². The van der Waals surface area contributed by atoms with Gasteiger partial charge in [-0.25, -0.2) is 0 Å². The second kappa shape index (κ2) is 3.95. The highest BCUT2D eigenvalue weighted by molar-refractivity contribution is 4.89. The zero-order valence-electron chi connectivity index (χ0n) is 8.44. The van der Waals surface area contributed by atoms with Gasteiger partial charge in [0.15, 0.2) is 0 Å². The quantitative estimate of drug-likeness (QED) is 0.634. The SMILES string of the molecule is CCC1CCNC2(CCCNC2)O1. The van der Waals surface area contributed by atoms with E-state index in [4.69, 9.17) is 4.74 Å². The predicted molar refractivity (Wildman–Crippen MR) is 52.6 cm³/mol. The van der Waals surface area contributed by atoms with E-state index in [-0.39, 0.29) is 5.72 Å². The van der Waals surface area contributed by atoms with Crippen molar-refractivity contribution in [3.8, 4) is 0 Å². The average molecular weight is 184 g/mol. The fourth-order valence-electron chi connectivity index (χ4n) is 2.30. The molecule has 3 heteroatoms. The van der Waals surface area contributed by atoms with Gasteiger partial charge in [-0.2, -0.15) is 0 Å². The molecule has 0 amide bonds. The Morgan fingerprint density at radius 1 is 1.46 bits per heavy atom. The van der Waals surface area contributed by atoms with Crippen molar-refractivity contribution in [3.63, 3.8) is 0 Å². The van der Waals surface area contributed by atoms with Gasteiger partial charge in [0.25, 0.3) is 0 Å². The molecule has 2 N–H and O–H groups in total. The first-order valence-electron chi connectivity index (χ1n) is 5.48. The van der Waals surface area contributed by atoms with E-state index in [0.717, 1.165) is 38.9 Å². The van der Waals surface area contributed by atoms with Gasteiger partial charge in [0.05, 0.1) is 6.10 Å². The van der Waals surface area contributed by atoms with Gasteiger partial charge in [0.2, 0.25) is 0 Å². The summed E-state index contributed by atoms with van der Waals surface area (Å²) < 4.78 is 6.09. The fraction of sp³-hybridized carbons (Fsp3) is 1.00. The maximum Gasteiger partial charge on any atom is 0.132 e. The lowest BCUT2D eigenvalue weighted by molar-refractivity contribution is -0.151. The van der Waals surface area contributed by atoms with E-state index in [1.165, 1.54) is 6.42 Å². The summed E-state index contributed by atoms with van der Waals surface area (Å²) in [4.78, 5) is 0. The maximum absolute atomic E-state index is 6.09. The molecule has 2 unspecified atom stereocenters. The van der Waals surface area contributed by atoms with E-state index in [2.05, 4.69) is 17.6 Å². The molecule has 0 aliphatic carbocycles. The third kappa shape index (κ3) is 2.03. The average Bonchev–Trinajstić information content (AvgIpc) is 2.19. The molecule has 3 nitrogen and oxygen atoms in total. The molecule has 2 aliphatic heterocycles. The summed E-state index contributed by atoms with van der Waals surface area (Å²) in [6.07, 6.45) is 5.17. The number of hydrogen-bond donors (Lipinski definition) is 2. The lowest BCUT2D eigenvalue weighted by atomic mass is 9.99. The number of piperidine rings is 1. The number of nitrogens with one attached hydrogen (secondary N) is 2. The van der Waals surface area contributed by atoms with Crippen LogP contribution in [0.4, 0.5) is 0 Å². The summed E-state index contributed by atoms with van der Waals surface area (Å²) in [5, 5.41) is 6.92. The molecule has 2 heterocycles. The molecule has 0 aromatic rings. The van der Waals surface area contributed by atoms with E-state index in [1.807, 2.05) is 0 Å². The lowest BCUT2D eigenvalue weighted by Crippen LogP contribution is -2.62. The second-order valence-electron chi connectivity index (χ2n) is 4.14. The normalized spacial score (nSPS) is 40.8. The third-order valence-corrected chi connectivity index (χ3v) is 3.11. The molecule has 2 fully saturated rings. The van der Waals surface area contributed by atoms with Crippen LogP contribution in [-0.2, 0) is 4.74 Å². The molecule has 13 heavy (non-hydrogen) atoms. The van der Waals surface area contributed by atoms with Crippen molar-refractivity contribution in [1.29, 1.82) is 0 Å².